The van der Waals surface area contributed by atoms with E-state index in [0.717, 1.165) is 30.0 Å². The molecule has 0 aliphatic heterocycles. The molecule has 2 nitrogen and oxygen atoms in total. The highest BCUT2D eigenvalue weighted by molar-refractivity contribution is 5.10. The average molecular weight is 284 g/mol. The molecule has 4 aliphatic rings. The molecule has 0 aromatic carbocycles. The number of hydrogen-bond donors (Lipinski definition) is 1. The van der Waals surface area contributed by atoms with Crippen LogP contribution in [0.1, 0.15) is 56.8 Å². The van der Waals surface area contributed by atoms with Gasteiger partial charge in [-0.1, -0.05) is 6.07 Å². The Kier molecular flexibility index (Phi) is 3.33. The van der Waals surface area contributed by atoms with Crippen molar-refractivity contribution in [1.29, 1.82) is 0 Å². The smallest absolute Gasteiger partial charge is 0.0544 e. The molecule has 1 N–H and O–H groups in total. The number of pyridine rings is 1. The van der Waals surface area contributed by atoms with E-state index in [2.05, 4.69) is 42.3 Å². The van der Waals surface area contributed by atoms with E-state index in [4.69, 9.17) is 0 Å². The van der Waals surface area contributed by atoms with Gasteiger partial charge in [0.25, 0.3) is 0 Å². The first-order chi connectivity index (χ1) is 10.1. The van der Waals surface area contributed by atoms with E-state index in [1.165, 1.54) is 44.2 Å². The molecule has 0 saturated heterocycles. The number of aromatic nitrogens is 1. The van der Waals surface area contributed by atoms with E-state index >= 15 is 0 Å². The molecule has 1 atom stereocenters. The van der Waals surface area contributed by atoms with Gasteiger partial charge in [-0.15, -0.1) is 0 Å². The summed E-state index contributed by atoms with van der Waals surface area (Å²) in [6.07, 6.45) is 9.04. The van der Waals surface area contributed by atoms with Gasteiger partial charge < -0.3 is 5.32 Å². The van der Waals surface area contributed by atoms with Crippen LogP contribution >= 0.6 is 0 Å². The summed E-state index contributed by atoms with van der Waals surface area (Å²) in [5, 5.41) is 3.82. The van der Waals surface area contributed by atoms with Gasteiger partial charge in [-0.25, -0.2) is 0 Å². The Morgan fingerprint density at radius 1 is 1.14 bits per heavy atom. The Hall–Kier alpha value is -0.890. The zero-order chi connectivity index (χ0) is 14.4. The predicted molar refractivity (Wildman–Crippen MR) is 85.9 cm³/mol. The molecule has 114 valence electrons. The minimum atomic E-state index is 0.596. The van der Waals surface area contributed by atoms with Gasteiger partial charge in [-0.2, -0.15) is 0 Å². The van der Waals surface area contributed by atoms with E-state index in [-0.39, 0.29) is 0 Å². The van der Waals surface area contributed by atoms with Gasteiger partial charge in [0, 0.05) is 18.3 Å². The van der Waals surface area contributed by atoms with Crippen molar-refractivity contribution in [3.8, 4) is 0 Å². The van der Waals surface area contributed by atoms with Crippen LogP contribution in [-0.2, 0) is 6.54 Å². The van der Waals surface area contributed by atoms with Gasteiger partial charge in [0.1, 0.15) is 0 Å². The van der Waals surface area contributed by atoms with Crippen molar-refractivity contribution < 1.29 is 0 Å². The molecule has 1 heterocycles. The topological polar surface area (TPSA) is 24.9 Å². The monoisotopic (exact) mass is 284 g/mol. The Morgan fingerprint density at radius 2 is 1.76 bits per heavy atom. The second-order valence-corrected chi connectivity index (χ2v) is 8.15. The third kappa shape index (κ3) is 2.52. The first-order valence-corrected chi connectivity index (χ1v) is 8.79. The van der Waals surface area contributed by atoms with Gasteiger partial charge in [-0.05, 0) is 87.7 Å². The van der Waals surface area contributed by atoms with Crippen LogP contribution < -0.4 is 5.32 Å². The normalized spacial score (nSPS) is 38.7. The van der Waals surface area contributed by atoms with Crippen molar-refractivity contribution in [2.45, 2.75) is 65.0 Å². The fraction of sp³-hybridized carbons (Fsp3) is 0.737. The second-order valence-electron chi connectivity index (χ2n) is 8.15. The van der Waals surface area contributed by atoms with Gasteiger partial charge in [0.05, 0.1) is 5.69 Å². The molecule has 1 aromatic rings. The Bertz CT molecular complexity index is 487. The van der Waals surface area contributed by atoms with Crippen LogP contribution in [0.25, 0.3) is 0 Å². The maximum atomic E-state index is 4.63. The van der Waals surface area contributed by atoms with Crippen molar-refractivity contribution in [2.24, 2.45) is 23.2 Å². The highest BCUT2D eigenvalue weighted by Gasteiger charge is 2.52. The van der Waals surface area contributed by atoms with Crippen molar-refractivity contribution in [2.75, 3.05) is 0 Å². The van der Waals surface area contributed by atoms with Crippen LogP contribution in [-0.4, -0.2) is 11.0 Å². The molecule has 5 rings (SSSR count). The lowest BCUT2D eigenvalue weighted by Gasteiger charge is -2.59. The summed E-state index contributed by atoms with van der Waals surface area (Å²) < 4.78 is 0. The van der Waals surface area contributed by atoms with Crippen molar-refractivity contribution in [3.05, 3.63) is 29.6 Å². The largest absolute Gasteiger partial charge is 0.308 e. The Balaban J connectivity index is 1.44. The van der Waals surface area contributed by atoms with Gasteiger partial charge >= 0.3 is 0 Å². The van der Waals surface area contributed by atoms with Crippen molar-refractivity contribution in [3.63, 3.8) is 0 Å². The number of rotatable bonds is 4. The maximum Gasteiger partial charge on any atom is 0.0544 e. The number of nitrogens with zero attached hydrogens (tertiary/aromatic N) is 1. The van der Waals surface area contributed by atoms with Crippen molar-refractivity contribution >= 4 is 0 Å². The van der Waals surface area contributed by atoms with Crippen LogP contribution in [0.4, 0.5) is 0 Å². The van der Waals surface area contributed by atoms with Crippen LogP contribution in [0.15, 0.2) is 18.2 Å². The molecule has 1 aromatic heterocycles. The summed E-state index contributed by atoms with van der Waals surface area (Å²) in [5.74, 6) is 3.12. The van der Waals surface area contributed by atoms with E-state index in [9.17, 15) is 0 Å². The van der Waals surface area contributed by atoms with Crippen LogP contribution in [0.5, 0.6) is 0 Å². The van der Waals surface area contributed by atoms with Crippen LogP contribution in [0, 0.1) is 30.1 Å². The summed E-state index contributed by atoms with van der Waals surface area (Å²) in [7, 11) is 0. The molecule has 21 heavy (non-hydrogen) atoms. The number of hydrogen-bond acceptors (Lipinski definition) is 2. The molecule has 0 amide bonds. The van der Waals surface area contributed by atoms with E-state index in [1.54, 1.807) is 0 Å². The summed E-state index contributed by atoms with van der Waals surface area (Å²) in [6.45, 7) is 5.43. The summed E-state index contributed by atoms with van der Waals surface area (Å²) in [5.41, 5.74) is 2.90. The molecule has 4 bridgehead atoms. The first-order valence-electron chi connectivity index (χ1n) is 8.79. The summed E-state index contributed by atoms with van der Waals surface area (Å²) >= 11 is 0. The third-order valence-corrected chi connectivity index (χ3v) is 6.54. The van der Waals surface area contributed by atoms with Crippen LogP contribution in [0.3, 0.4) is 0 Å². The SMILES string of the molecule is Cc1cccc(CNC(C)C23CC4CC(CC(C4)C2)C3)n1. The molecule has 0 spiro atoms. The van der Waals surface area contributed by atoms with Gasteiger partial charge in [0.15, 0.2) is 0 Å². The molecule has 0 radical (unpaired) electrons. The highest BCUT2D eigenvalue weighted by Crippen LogP contribution is 2.61. The standard InChI is InChI=1S/C19H28N2/c1-13-4-3-5-18(21-13)12-20-14(2)19-9-15-6-16(10-19)8-17(7-15)11-19/h3-5,14-17,20H,6-12H2,1-2H3. The molecule has 4 saturated carbocycles. The van der Waals surface area contributed by atoms with Gasteiger partial charge in [0.2, 0.25) is 0 Å². The number of aryl methyl sites for hydroxylation is 1. The minimum absolute atomic E-state index is 0.596. The maximum absolute atomic E-state index is 4.63. The number of nitrogens with one attached hydrogen (secondary N) is 1. The van der Waals surface area contributed by atoms with E-state index < -0.39 is 0 Å². The second kappa shape index (κ2) is 5.08. The lowest BCUT2D eigenvalue weighted by Crippen LogP contribution is -2.54. The van der Waals surface area contributed by atoms with Crippen molar-refractivity contribution in [1.82, 2.24) is 10.3 Å². The van der Waals surface area contributed by atoms with Gasteiger partial charge in [-0.3, -0.25) is 4.98 Å². The van der Waals surface area contributed by atoms with E-state index in [0.29, 0.717) is 11.5 Å². The zero-order valence-electron chi connectivity index (χ0n) is 13.4. The first kappa shape index (κ1) is 13.8. The Labute approximate surface area is 128 Å². The average Bonchev–Trinajstić information content (AvgIpc) is 2.43. The Morgan fingerprint density at radius 3 is 2.33 bits per heavy atom. The lowest BCUT2D eigenvalue weighted by atomic mass is 9.48. The predicted octanol–water partition coefficient (Wildman–Crippen LogP) is 4.08. The fourth-order valence-electron chi connectivity index (χ4n) is 5.88. The van der Waals surface area contributed by atoms with E-state index in [1.807, 2.05) is 0 Å². The summed E-state index contributed by atoms with van der Waals surface area (Å²) in [6, 6.07) is 6.97. The molecule has 4 fully saturated rings. The quantitative estimate of drug-likeness (QED) is 0.901. The third-order valence-electron chi connectivity index (χ3n) is 6.54. The summed E-state index contributed by atoms with van der Waals surface area (Å²) in [4.78, 5) is 4.63. The molecule has 2 heteroatoms. The lowest BCUT2D eigenvalue weighted by molar-refractivity contribution is -0.0707. The fourth-order valence-corrected chi connectivity index (χ4v) is 5.88. The molecule has 4 aliphatic carbocycles. The molecular formula is C19H28N2. The highest BCUT2D eigenvalue weighted by atomic mass is 15.0. The molecular weight excluding hydrogens is 256 g/mol. The zero-order valence-corrected chi connectivity index (χ0v) is 13.4. The van der Waals surface area contributed by atoms with Crippen LogP contribution in [0.2, 0.25) is 0 Å². The minimum Gasteiger partial charge on any atom is -0.308 e. The molecule has 1 unspecified atom stereocenters.